The van der Waals surface area contributed by atoms with Gasteiger partial charge >= 0.3 is 0 Å². The predicted octanol–water partition coefficient (Wildman–Crippen LogP) is 2.00. The average Bonchev–Trinajstić information content (AvgIpc) is 3.03. The highest BCUT2D eigenvalue weighted by Gasteiger charge is 2.42. The van der Waals surface area contributed by atoms with Crippen LogP contribution in [0.3, 0.4) is 0 Å². The highest BCUT2D eigenvalue weighted by molar-refractivity contribution is 5.80. The molecule has 0 aromatic heterocycles. The van der Waals surface area contributed by atoms with Crippen LogP contribution in [0.25, 0.3) is 0 Å². The van der Waals surface area contributed by atoms with E-state index in [1.807, 2.05) is 4.90 Å². The van der Waals surface area contributed by atoms with E-state index in [0.717, 1.165) is 45.3 Å². The van der Waals surface area contributed by atoms with Gasteiger partial charge in [-0.05, 0) is 51.4 Å². The Kier molecular flexibility index (Phi) is 4.65. The van der Waals surface area contributed by atoms with Crippen molar-refractivity contribution in [3.05, 3.63) is 11.8 Å². The number of allylic oxidation sites excluding steroid dienone is 2. The summed E-state index contributed by atoms with van der Waals surface area (Å²) in [6.45, 7) is 5.24. The van der Waals surface area contributed by atoms with Crippen LogP contribution in [0.15, 0.2) is 11.8 Å². The van der Waals surface area contributed by atoms with Gasteiger partial charge in [0.25, 0.3) is 0 Å². The molecule has 1 aliphatic heterocycles. The van der Waals surface area contributed by atoms with E-state index in [4.69, 9.17) is 0 Å². The molecule has 0 bridgehead atoms. The van der Waals surface area contributed by atoms with E-state index in [2.05, 4.69) is 17.9 Å². The Morgan fingerprint density at radius 1 is 1.38 bits per heavy atom. The molecule has 2 aliphatic carbocycles. The smallest absolute Gasteiger partial charge is 0.240 e. The Morgan fingerprint density at radius 2 is 2.24 bits per heavy atom. The molecule has 1 saturated heterocycles. The number of carbonyl (C=O) groups excluding carboxylic acids is 1. The van der Waals surface area contributed by atoms with Gasteiger partial charge in [-0.25, -0.2) is 0 Å². The lowest BCUT2D eigenvalue weighted by molar-refractivity contribution is -0.130. The molecule has 21 heavy (non-hydrogen) atoms. The second-order valence-corrected chi connectivity index (χ2v) is 6.84. The normalized spacial score (nSPS) is 32.9. The number of aliphatic hydroxyl groups is 1. The monoisotopic (exact) mass is 292 g/mol. The van der Waals surface area contributed by atoms with Crippen LogP contribution in [0.1, 0.15) is 45.4 Å². The Labute approximate surface area is 127 Å². The van der Waals surface area contributed by atoms with Crippen molar-refractivity contribution in [3.8, 4) is 0 Å². The molecule has 1 N–H and O–H groups in total. The minimum Gasteiger partial charge on any atom is -0.393 e. The zero-order chi connectivity index (χ0) is 14.8. The molecule has 0 aromatic carbocycles. The number of likely N-dealkylation sites (tertiary alicyclic amines) is 1. The molecular weight excluding hydrogens is 264 g/mol. The fourth-order valence-corrected chi connectivity index (χ4v) is 4.34. The molecular formula is C17H28N2O2. The maximum Gasteiger partial charge on any atom is 0.240 e. The van der Waals surface area contributed by atoms with Crippen LogP contribution in [-0.4, -0.2) is 53.1 Å². The molecule has 1 amide bonds. The third-order valence-corrected chi connectivity index (χ3v) is 5.48. The second kappa shape index (κ2) is 6.49. The average molecular weight is 292 g/mol. The lowest BCUT2D eigenvalue weighted by atomic mass is 10.00. The summed E-state index contributed by atoms with van der Waals surface area (Å²) in [4.78, 5) is 16.8. The number of nitrogens with zero attached hydrogens (tertiary/aromatic N) is 2. The number of fused-ring (bicyclic) bond motifs is 1. The van der Waals surface area contributed by atoms with Gasteiger partial charge in [0, 0.05) is 31.2 Å². The van der Waals surface area contributed by atoms with Crippen molar-refractivity contribution in [1.82, 2.24) is 9.80 Å². The molecule has 3 aliphatic rings. The lowest BCUT2D eigenvalue weighted by Crippen LogP contribution is -2.40. The molecule has 3 unspecified atom stereocenters. The van der Waals surface area contributed by atoms with Crippen LogP contribution in [0.4, 0.5) is 0 Å². The first-order chi connectivity index (χ1) is 10.2. The Balaban J connectivity index is 1.57. The SMILES string of the molecule is CCN(C(=O)CN1CC2CCC(O)C2C1)C1=CCCCC1. The summed E-state index contributed by atoms with van der Waals surface area (Å²) in [5, 5.41) is 9.98. The highest BCUT2D eigenvalue weighted by Crippen LogP contribution is 2.38. The number of amides is 1. The summed E-state index contributed by atoms with van der Waals surface area (Å²) in [6.07, 6.45) is 8.79. The van der Waals surface area contributed by atoms with E-state index in [1.165, 1.54) is 18.5 Å². The maximum atomic E-state index is 12.6. The number of aliphatic hydroxyl groups excluding tert-OH is 1. The molecule has 0 spiro atoms. The minimum absolute atomic E-state index is 0.140. The largest absolute Gasteiger partial charge is 0.393 e. The van der Waals surface area contributed by atoms with Gasteiger partial charge in [0.2, 0.25) is 5.91 Å². The summed E-state index contributed by atoms with van der Waals surface area (Å²) in [5.41, 5.74) is 1.23. The first-order valence-electron chi connectivity index (χ1n) is 8.59. The van der Waals surface area contributed by atoms with Crippen molar-refractivity contribution < 1.29 is 9.90 Å². The Hall–Kier alpha value is -0.870. The Bertz CT molecular complexity index is 421. The van der Waals surface area contributed by atoms with Gasteiger partial charge in [-0.3, -0.25) is 9.69 Å². The molecule has 3 rings (SSSR count). The molecule has 4 heteroatoms. The van der Waals surface area contributed by atoms with Crippen LogP contribution in [0, 0.1) is 11.8 Å². The van der Waals surface area contributed by atoms with Crippen molar-refractivity contribution in [3.63, 3.8) is 0 Å². The molecule has 0 aromatic rings. The van der Waals surface area contributed by atoms with Crippen molar-refractivity contribution >= 4 is 5.91 Å². The third-order valence-electron chi connectivity index (χ3n) is 5.48. The van der Waals surface area contributed by atoms with E-state index in [9.17, 15) is 9.90 Å². The van der Waals surface area contributed by atoms with Gasteiger partial charge in [-0.2, -0.15) is 0 Å². The molecule has 1 heterocycles. The van der Waals surface area contributed by atoms with E-state index >= 15 is 0 Å². The zero-order valence-corrected chi connectivity index (χ0v) is 13.1. The van der Waals surface area contributed by atoms with Crippen molar-refractivity contribution in [1.29, 1.82) is 0 Å². The number of hydrogen-bond donors (Lipinski definition) is 1. The molecule has 0 radical (unpaired) electrons. The fourth-order valence-electron chi connectivity index (χ4n) is 4.34. The van der Waals surface area contributed by atoms with Gasteiger partial charge in [0.05, 0.1) is 12.6 Å². The number of likely N-dealkylation sites (N-methyl/N-ethyl adjacent to an activating group) is 1. The van der Waals surface area contributed by atoms with Crippen molar-refractivity contribution in [2.45, 2.75) is 51.6 Å². The topological polar surface area (TPSA) is 43.8 Å². The third kappa shape index (κ3) is 3.16. The van der Waals surface area contributed by atoms with Gasteiger partial charge in [-0.1, -0.05) is 6.08 Å². The highest BCUT2D eigenvalue weighted by atomic mass is 16.3. The van der Waals surface area contributed by atoms with E-state index < -0.39 is 0 Å². The van der Waals surface area contributed by atoms with Crippen molar-refractivity contribution in [2.75, 3.05) is 26.2 Å². The summed E-state index contributed by atoms with van der Waals surface area (Å²) in [6, 6.07) is 0. The molecule has 118 valence electrons. The first kappa shape index (κ1) is 15.0. The van der Waals surface area contributed by atoms with Crippen LogP contribution >= 0.6 is 0 Å². The summed E-state index contributed by atoms with van der Waals surface area (Å²) in [7, 11) is 0. The van der Waals surface area contributed by atoms with E-state index in [-0.39, 0.29) is 12.0 Å². The summed E-state index contributed by atoms with van der Waals surface area (Å²) < 4.78 is 0. The standard InChI is InChI=1S/C17H28N2O2/c1-2-19(14-6-4-3-5-7-14)17(21)12-18-10-13-8-9-16(20)15(13)11-18/h6,13,15-16,20H,2-5,7-12H2,1H3. The van der Waals surface area contributed by atoms with E-state index in [1.54, 1.807) is 0 Å². The van der Waals surface area contributed by atoms with Crippen LogP contribution < -0.4 is 0 Å². The van der Waals surface area contributed by atoms with Gasteiger partial charge in [-0.15, -0.1) is 0 Å². The summed E-state index contributed by atoms with van der Waals surface area (Å²) in [5.74, 6) is 1.25. The fraction of sp³-hybridized carbons (Fsp3) is 0.824. The van der Waals surface area contributed by atoms with Gasteiger partial charge in [0.1, 0.15) is 0 Å². The quantitative estimate of drug-likeness (QED) is 0.862. The number of hydrogen-bond acceptors (Lipinski definition) is 3. The summed E-state index contributed by atoms with van der Waals surface area (Å²) >= 11 is 0. The molecule has 2 fully saturated rings. The number of rotatable bonds is 4. The number of carbonyl (C=O) groups is 1. The minimum atomic E-state index is -0.140. The van der Waals surface area contributed by atoms with Gasteiger partial charge in [0.15, 0.2) is 0 Å². The Morgan fingerprint density at radius 3 is 2.90 bits per heavy atom. The van der Waals surface area contributed by atoms with E-state index in [0.29, 0.717) is 18.4 Å². The lowest BCUT2D eigenvalue weighted by Gasteiger charge is -2.28. The molecule has 3 atom stereocenters. The first-order valence-corrected chi connectivity index (χ1v) is 8.59. The predicted molar refractivity (Wildman–Crippen MR) is 82.6 cm³/mol. The van der Waals surface area contributed by atoms with Crippen LogP contribution in [0.5, 0.6) is 0 Å². The maximum absolute atomic E-state index is 12.6. The van der Waals surface area contributed by atoms with Crippen LogP contribution in [-0.2, 0) is 4.79 Å². The van der Waals surface area contributed by atoms with Gasteiger partial charge < -0.3 is 10.0 Å². The molecule has 1 saturated carbocycles. The second-order valence-electron chi connectivity index (χ2n) is 6.84. The van der Waals surface area contributed by atoms with Crippen LogP contribution in [0.2, 0.25) is 0 Å². The van der Waals surface area contributed by atoms with Crippen molar-refractivity contribution in [2.24, 2.45) is 11.8 Å². The zero-order valence-electron chi connectivity index (χ0n) is 13.1. The molecule has 4 nitrogen and oxygen atoms in total.